The second-order valence-electron chi connectivity index (χ2n) is 4.37. The van der Waals surface area contributed by atoms with Gasteiger partial charge in [-0.25, -0.2) is 0 Å². The number of hydrogen-bond acceptors (Lipinski definition) is 3. The minimum atomic E-state index is -0.0458. The quantitative estimate of drug-likeness (QED) is 0.866. The third-order valence-electron chi connectivity index (χ3n) is 2.90. The number of nitrogens with one attached hydrogen (secondary N) is 1. The maximum Gasteiger partial charge on any atom is 0.227 e. The topological polar surface area (TPSA) is 47.6 Å². The first-order chi connectivity index (χ1) is 9.03. The summed E-state index contributed by atoms with van der Waals surface area (Å²) in [5.41, 5.74) is 0.557. The van der Waals surface area contributed by atoms with E-state index in [2.05, 4.69) is 12.2 Å². The molecule has 1 N–H and O–H groups in total. The summed E-state index contributed by atoms with van der Waals surface area (Å²) in [7, 11) is 3.07. The lowest BCUT2D eigenvalue weighted by Crippen LogP contribution is -2.20. The molecule has 0 aliphatic rings. The third kappa shape index (κ3) is 4.03. The van der Waals surface area contributed by atoms with Crippen molar-refractivity contribution in [3.8, 4) is 11.5 Å². The Bertz CT molecular complexity index is 449. The van der Waals surface area contributed by atoms with E-state index in [9.17, 15) is 4.79 Å². The zero-order chi connectivity index (χ0) is 14.4. The molecule has 1 aromatic rings. The first-order valence-electron chi connectivity index (χ1n) is 6.25. The fraction of sp³-hybridized carbons (Fsp3) is 0.500. The van der Waals surface area contributed by atoms with Gasteiger partial charge in [0.15, 0.2) is 0 Å². The molecule has 1 atom stereocenters. The highest BCUT2D eigenvalue weighted by molar-refractivity contribution is 6.32. The van der Waals surface area contributed by atoms with Crippen LogP contribution in [-0.4, -0.2) is 20.1 Å². The van der Waals surface area contributed by atoms with Gasteiger partial charge in [0.2, 0.25) is 5.91 Å². The summed E-state index contributed by atoms with van der Waals surface area (Å²) >= 11 is 6.05. The van der Waals surface area contributed by atoms with E-state index < -0.39 is 0 Å². The SMILES string of the molecule is CCCC(C)C(=O)Nc1cc(Cl)c(OC)cc1OC. The van der Waals surface area contributed by atoms with E-state index >= 15 is 0 Å². The molecule has 0 aromatic heterocycles. The molecule has 0 saturated carbocycles. The number of carbonyl (C=O) groups excluding carboxylic acids is 1. The summed E-state index contributed by atoms with van der Waals surface area (Å²) in [5.74, 6) is 0.952. The Kier molecular flexibility index (Phi) is 5.96. The van der Waals surface area contributed by atoms with Gasteiger partial charge in [-0.1, -0.05) is 31.9 Å². The van der Waals surface area contributed by atoms with E-state index in [0.29, 0.717) is 22.2 Å². The molecule has 1 unspecified atom stereocenters. The van der Waals surface area contributed by atoms with Crippen molar-refractivity contribution in [1.82, 2.24) is 0 Å². The predicted octanol–water partition coefficient (Wildman–Crippen LogP) is 3.73. The van der Waals surface area contributed by atoms with Gasteiger partial charge in [0.25, 0.3) is 0 Å². The number of ether oxygens (including phenoxy) is 2. The highest BCUT2D eigenvalue weighted by atomic mass is 35.5. The van der Waals surface area contributed by atoms with Crippen molar-refractivity contribution in [2.45, 2.75) is 26.7 Å². The number of methoxy groups -OCH3 is 2. The van der Waals surface area contributed by atoms with Gasteiger partial charge in [0.1, 0.15) is 11.5 Å². The van der Waals surface area contributed by atoms with Crippen LogP contribution in [0, 0.1) is 5.92 Å². The Labute approximate surface area is 119 Å². The van der Waals surface area contributed by atoms with Gasteiger partial charge >= 0.3 is 0 Å². The van der Waals surface area contributed by atoms with Crippen molar-refractivity contribution < 1.29 is 14.3 Å². The smallest absolute Gasteiger partial charge is 0.227 e. The maximum absolute atomic E-state index is 12.0. The summed E-state index contributed by atoms with van der Waals surface area (Å²) in [5, 5.41) is 3.27. The summed E-state index contributed by atoms with van der Waals surface area (Å²) in [4.78, 5) is 12.0. The van der Waals surface area contributed by atoms with Crippen LogP contribution in [-0.2, 0) is 4.79 Å². The van der Waals surface area contributed by atoms with E-state index in [0.717, 1.165) is 12.8 Å². The number of halogens is 1. The van der Waals surface area contributed by atoms with E-state index in [4.69, 9.17) is 21.1 Å². The number of rotatable bonds is 6. The molecule has 5 heteroatoms. The zero-order valence-corrected chi connectivity index (χ0v) is 12.5. The van der Waals surface area contributed by atoms with Crippen LogP contribution < -0.4 is 14.8 Å². The van der Waals surface area contributed by atoms with Crippen LogP contribution in [0.15, 0.2) is 12.1 Å². The molecular weight excluding hydrogens is 266 g/mol. The molecule has 1 rings (SSSR count). The lowest BCUT2D eigenvalue weighted by Gasteiger charge is -2.15. The average molecular weight is 286 g/mol. The number of anilines is 1. The number of carbonyl (C=O) groups is 1. The first-order valence-corrected chi connectivity index (χ1v) is 6.63. The maximum atomic E-state index is 12.0. The summed E-state index contributed by atoms with van der Waals surface area (Å²) in [6.07, 6.45) is 1.81. The van der Waals surface area contributed by atoms with Crippen molar-refractivity contribution in [3.63, 3.8) is 0 Å². The van der Waals surface area contributed by atoms with Crippen LogP contribution in [0.5, 0.6) is 11.5 Å². The van der Waals surface area contributed by atoms with Crippen LogP contribution in [0.4, 0.5) is 5.69 Å². The highest BCUT2D eigenvalue weighted by Crippen LogP contribution is 2.36. The average Bonchev–Trinajstić information content (AvgIpc) is 2.39. The largest absolute Gasteiger partial charge is 0.495 e. The van der Waals surface area contributed by atoms with Gasteiger partial charge in [-0.2, -0.15) is 0 Å². The summed E-state index contributed by atoms with van der Waals surface area (Å²) in [6, 6.07) is 3.29. The summed E-state index contributed by atoms with van der Waals surface area (Å²) < 4.78 is 10.3. The number of amides is 1. The van der Waals surface area contributed by atoms with Gasteiger partial charge in [-0.05, 0) is 12.5 Å². The van der Waals surface area contributed by atoms with Crippen molar-refractivity contribution in [2.24, 2.45) is 5.92 Å². The van der Waals surface area contributed by atoms with Crippen molar-refractivity contribution in [2.75, 3.05) is 19.5 Å². The first kappa shape index (κ1) is 15.6. The molecule has 0 radical (unpaired) electrons. The van der Waals surface area contributed by atoms with Crippen LogP contribution >= 0.6 is 11.6 Å². The normalized spacial score (nSPS) is 11.8. The Balaban J connectivity index is 2.94. The van der Waals surface area contributed by atoms with E-state index in [1.807, 2.05) is 6.92 Å². The number of benzene rings is 1. The lowest BCUT2D eigenvalue weighted by atomic mass is 10.1. The molecule has 19 heavy (non-hydrogen) atoms. The van der Waals surface area contributed by atoms with E-state index in [-0.39, 0.29) is 11.8 Å². The summed E-state index contributed by atoms with van der Waals surface area (Å²) in [6.45, 7) is 3.95. The van der Waals surface area contributed by atoms with Crippen molar-refractivity contribution in [1.29, 1.82) is 0 Å². The highest BCUT2D eigenvalue weighted by Gasteiger charge is 2.16. The Morgan fingerprint density at radius 3 is 2.47 bits per heavy atom. The zero-order valence-electron chi connectivity index (χ0n) is 11.7. The van der Waals surface area contributed by atoms with Crippen molar-refractivity contribution in [3.05, 3.63) is 17.2 Å². The molecule has 0 spiro atoms. The third-order valence-corrected chi connectivity index (χ3v) is 3.20. The second-order valence-corrected chi connectivity index (χ2v) is 4.77. The van der Waals surface area contributed by atoms with E-state index in [1.165, 1.54) is 14.2 Å². The monoisotopic (exact) mass is 285 g/mol. The standard InChI is InChI=1S/C14H20ClNO3/c1-5-6-9(2)14(17)16-11-7-10(15)12(18-3)8-13(11)19-4/h7-9H,5-6H2,1-4H3,(H,16,17). The van der Waals surface area contributed by atoms with Crippen LogP contribution in [0.2, 0.25) is 5.02 Å². The van der Waals surface area contributed by atoms with Crippen LogP contribution in [0.3, 0.4) is 0 Å². The Morgan fingerprint density at radius 1 is 1.32 bits per heavy atom. The minimum absolute atomic E-state index is 0.0404. The molecule has 0 bridgehead atoms. The van der Waals surface area contributed by atoms with Gasteiger partial charge in [0, 0.05) is 12.0 Å². The molecular formula is C14H20ClNO3. The van der Waals surface area contributed by atoms with Crippen LogP contribution in [0.25, 0.3) is 0 Å². The van der Waals surface area contributed by atoms with E-state index in [1.54, 1.807) is 12.1 Å². The molecule has 0 heterocycles. The molecule has 0 aliphatic heterocycles. The second kappa shape index (κ2) is 7.24. The molecule has 0 saturated heterocycles. The Morgan fingerprint density at radius 2 is 1.95 bits per heavy atom. The van der Waals surface area contributed by atoms with Gasteiger partial charge in [-0.3, -0.25) is 4.79 Å². The lowest BCUT2D eigenvalue weighted by molar-refractivity contribution is -0.119. The molecule has 1 aromatic carbocycles. The van der Waals surface area contributed by atoms with Gasteiger partial charge < -0.3 is 14.8 Å². The van der Waals surface area contributed by atoms with Crippen LogP contribution in [0.1, 0.15) is 26.7 Å². The molecule has 106 valence electrons. The molecule has 0 aliphatic carbocycles. The van der Waals surface area contributed by atoms with Gasteiger partial charge in [-0.15, -0.1) is 0 Å². The number of hydrogen-bond donors (Lipinski definition) is 1. The molecule has 4 nitrogen and oxygen atoms in total. The predicted molar refractivity (Wildman–Crippen MR) is 77.3 cm³/mol. The fourth-order valence-corrected chi connectivity index (χ4v) is 2.02. The van der Waals surface area contributed by atoms with Gasteiger partial charge in [0.05, 0.1) is 24.9 Å². The Hall–Kier alpha value is -1.42. The molecule has 1 amide bonds. The molecule has 0 fully saturated rings. The minimum Gasteiger partial charge on any atom is -0.495 e. The fourth-order valence-electron chi connectivity index (χ4n) is 1.78. The van der Waals surface area contributed by atoms with Crippen molar-refractivity contribution >= 4 is 23.2 Å².